The van der Waals surface area contributed by atoms with Crippen LogP contribution in [0.15, 0.2) is 108 Å². The number of pyridine rings is 1. The Balaban J connectivity index is 1.56. The van der Waals surface area contributed by atoms with Crippen molar-refractivity contribution in [3.8, 4) is 5.69 Å². The quantitative estimate of drug-likeness (QED) is 0.236. The lowest BCUT2D eigenvalue weighted by Gasteiger charge is -2.09. The third-order valence-electron chi connectivity index (χ3n) is 7.36. The van der Waals surface area contributed by atoms with Crippen molar-refractivity contribution in [1.29, 1.82) is 0 Å². The monoisotopic (exact) mass is 479 g/mol. The Kier molecular flexibility index (Phi) is 3.39. The van der Waals surface area contributed by atoms with Crippen LogP contribution in [0.2, 0.25) is 0 Å². The summed E-state index contributed by atoms with van der Waals surface area (Å²) in [5.41, 5.74) is 6.23. The molecule has 4 nitrogen and oxygen atoms in total. The van der Waals surface area contributed by atoms with E-state index in [0.717, 1.165) is 49.6 Å². The lowest BCUT2D eigenvalue weighted by molar-refractivity contribution is 0.673. The molecule has 0 saturated heterocycles. The molecule has 36 heavy (non-hydrogen) atoms. The molecule has 9 aromatic rings. The second kappa shape index (κ2) is 6.53. The Hall–Kier alpha value is -4.61. The zero-order valence-corrected chi connectivity index (χ0v) is 19.8. The fraction of sp³-hybridized carbons (Fsp3) is 0. The van der Waals surface area contributed by atoms with Crippen LogP contribution >= 0.6 is 11.3 Å². The summed E-state index contributed by atoms with van der Waals surface area (Å²) in [7, 11) is 0. The molecule has 5 aromatic heterocycles. The number of thiophene rings is 1. The van der Waals surface area contributed by atoms with Crippen LogP contribution in [-0.2, 0) is 0 Å². The Bertz CT molecular complexity index is 2330. The summed E-state index contributed by atoms with van der Waals surface area (Å²) in [4.78, 5) is 1.22. The number of benzene rings is 4. The average Bonchev–Trinajstić information content (AvgIpc) is 3.65. The van der Waals surface area contributed by atoms with Crippen LogP contribution in [0.1, 0.15) is 0 Å². The average molecular weight is 480 g/mol. The number of hydrogen-bond acceptors (Lipinski definition) is 3. The molecule has 0 saturated carbocycles. The zero-order chi connectivity index (χ0) is 23.4. The number of hydrogen-bond donors (Lipinski definition) is 0. The van der Waals surface area contributed by atoms with Gasteiger partial charge >= 0.3 is 0 Å². The van der Waals surface area contributed by atoms with Crippen LogP contribution in [0.3, 0.4) is 0 Å². The first-order valence-electron chi connectivity index (χ1n) is 12.0. The molecule has 0 amide bonds. The Labute approximate surface area is 208 Å². The van der Waals surface area contributed by atoms with Crippen LogP contribution in [-0.4, -0.2) is 14.2 Å². The highest BCUT2D eigenvalue weighted by Crippen LogP contribution is 2.47. The van der Waals surface area contributed by atoms with Gasteiger partial charge in [-0.15, -0.1) is 11.3 Å². The number of para-hydroxylation sites is 1. The maximum atomic E-state index is 6.56. The molecule has 0 aliphatic carbocycles. The van der Waals surface area contributed by atoms with Crippen molar-refractivity contribution < 1.29 is 4.42 Å². The van der Waals surface area contributed by atoms with E-state index in [1.807, 2.05) is 34.2 Å². The zero-order valence-electron chi connectivity index (χ0n) is 19.0. The largest absolute Gasteiger partial charge is 0.455 e. The number of nitrogens with zero attached hydrogens (tertiary/aromatic N) is 3. The Morgan fingerprint density at radius 1 is 0.667 bits per heavy atom. The number of rotatable bonds is 1. The predicted octanol–water partition coefficient (Wildman–Crippen LogP) is 8.70. The topological polar surface area (TPSA) is 35.4 Å². The van der Waals surface area contributed by atoms with Crippen molar-refractivity contribution in [2.75, 3.05) is 0 Å². The highest BCUT2D eigenvalue weighted by atomic mass is 32.1. The summed E-state index contributed by atoms with van der Waals surface area (Å²) in [6.45, 7) is 0. The van der Waals surface area contributed by atoms with Crippen molar-refractivity contribution in [2.24, 2.45) is 0 Å². The number of fused-ring (bicyclic) bond motifs is 12. The number of aromatic nitrogens is 3. The van der Waals surface area contributed by atoms with Crippen LogP contribution in [0.4, 0.5) is 0 Å². The second-order valence-corrected chi connectivity index (χ2v) is 10.3. The third-order valence-corrected chi connectivity index (χ3v) is 8.52. The molecule has 0 unspecified atom stereocenters. The summed E-state index contributed by atoms with van der Waals surface area (Å²) in [6.07, 6.45) is 2.03. The normalized spacial score (nSPS) is 12.4. The van der Waals surface area contributed by atoms with Crippen molar-refractivity contribution >= 4 is 80.9 Å². The van der Waals surface area contributed by atoms with Gasteiger partial charge in [0.15, 0.2) is 0 Å². The summed E-state index contributed by atoms with van der Waals surface area (Å²) in [5, 5.41) is 12.0. The summed E-state index contributed by atoms with van der Waals surface area (Å²) < 4.78 is 12.2. The molecule has 0 aliphatic rings. The van der Waals surface area contributed by atoms with Gasteiger partial charge in [0.2, 0.25) is 0 Å². The van der Waals surface area contributed by atoms with E-state index < -0.39 is 0 Å². The van der Waals surface area contributed by atoms with Crippen molar-refractivity contribution in [1.82, 2.24) is 14.2 Å². The maximum Gasteiger partial charge on any atom is 0.145 e. The van der Waals surface area contributed by atoms with Crippen LogP contribution in [0, 0.1) is 0 Å². The van der Waals surface area contributed by atoms with Gasteiger partial charge in [0, 0.05) is 37.8 Å². The molecule has 0 N–H and O–H groups in total. The highest BCUT2D eigenvalue weighted by molar-refractivity contribution is 7.25. The molecular weight excluding hydrogens is 462 g/mol. The third kappa shape index (κ3) is 2.22. The molecule has 9 rings (SSSR count). The fourth-order valence-corrected chi connectivity index (χ4v) is 7.11. The van der Waals surface area contributed by atoms with Gasteiger partial charge in [-0.1, -0.05) is 54.6 Å². The fourth-order valence-electron chi connectivity index (χ4n) is 5.88. The standard InChI is InChI=1S/C31H17N3OS/c1-4-11-22-20(9-1)29-24(12-7-17-33(29)32-22)34-23-16-15-19-18-8-2-5-13-25(18)35-30(19)28(23)27-21-10-3-6-14-26(21)36-31(27)34/h1-17H. The molecule has 0 aliphatic heterocycles. The minimum Gasteiger partial charge on any atom is -0.455 e. The molecule has 5 heteroatoms. The smallest absolute Gasteiger partial charge is 0.145 e. The molecule has 0 bridgehead atoms. The van der Waals surface area contributed by atoms with E-state index in [0.29, 0.717) is 0 Å². The van der Waals surface area contributed by atoms with E-state index in [4.69, 9.17) is 9.52 Å². The molecule has 4 aromatic carbocycles. The van der Waals surface area contributed by atoms with E-state index in [-0.39, 0.29) is 0 Å². The minimum absolute atomic E-state index is 0.921. The number of furan rings is 1. The van der Waals surface area contributed by atoms with Crippen LogP contribution in [0.5, 0.6) is 0 Å². The lowest BCUT2D eigenvalue weighted by Crippen LogP contribution is -1.97. The van der Waals surface area contributed by atoms with Gasteiger partial charge in [-0.2, -0.15) is 5.10 Å². The molecule has 5 heterocycles. The van der Waals surface area contributed by atoms with Crippen molar-refractivity contribution in [3.05, 3.63) is 103 Å². The summed E-state index contributed by atoms with van der Waals surface area (Å²) in [6, 6.07) is 34.1. The predicted molar refractivity (Wildman–Crippen MR) is 150 cm³/mol. The van der Waals surface area contributed by atoms with Gasteiger partial charge in [-0.05, 0) is 42.5 Å². The van der Waals surface area contributed by atoms with Gasteiger partial charge in [-0.3, -0.25) is 4.57 Å². The van der Waals surface area contributed by atoms with Crippen LogP contribution < -0.4 is 0 Å². The molecule has 0 fully saturated rings. The van der Waals surface area contributed by atoms with Gasteiger partial charge in [-0.25, -0.2) is 4.52 Å². The molecule has 0 spiro atoms. The van der Waals surface area contributed by atoms with Crippen LogP contribution in [0.25, 0.3) is 75.3 Å². The van der Waals surface area contributed by atoms with E-state index in [2.05, 4.69) is 89.5 Å². The molecule has 0 radical (unpaired) electrons. The van der Waals surface area contributed by atoms with E-state index in [1.54, 1.807) is 0 Å². The second-order valence-electron chi connectivity index (χ2n) is 9.25. The molecule has 0 atom stereocenters. The van der Waals surface area contributed by atoms with Gasteiger partial charge in [0.25, 0.3) is 0 Å². The van der Waals surface area contributed by atoms with E-state index in [9.17, 15) is 0 Å². The Morgan fingerprint density at radius 2 is 1.47 bits per heavy atom. The summed E-state index contributed by atoms with van der Waals surface area (Å²) in [5.74, 6) is 0. The van der Waals surface area contributed by atoms with E-state index in [1.165, 1.54) is 25.7 Å². The van der Waals surface area contributed by atoms with Gasteiger partial charge in [0.1, 0.15) is 16.0 Å². The minimum atomic E-state index is 0.921. The maximum absolute atomic E-state index is 6.56. The summed E-state index contributed by atoms with van der Waals surface area (Å²) >= 11 is 1.83. The Morgan fingerprint density at radius 3 is 2.42 bits per heavy atom. The first-order chi connectivity index (χ1) is 17.9. The first-order valence-corrected chi connectivity index (χ1v) is 12.8. The van der Waals surface area contributed by atoms with Crippen molar-refractivity contribution in [2.45, 2.75) is 0 Å². The van der Waals surface area contributed by atoms with E-state index >= 15 is 0 Å². The van der Waals surface area contributed by atoms with Gasteiger partial charge in [0.05, 0.1) is 27.6 Å². The molecule has 168 valence electrons. The highest BCUT2D eigenvalue weighted by Gasteiger charge is 2.23. The van der Waals surface area contributed by atoms with Gasteiger partial charge < -0.3 is 4.42 Å². The lowest BCUT2D eigenvalue weighted by atomic mass is 10.1. The molecular formula is C31H17N3OS. The SMILES string of the molecule is c1ccc2c(c1)nn1cccc(-n3c4ccc5c6ccccc6oc5c4c4c5ccccc5sc43)c21. The van der Waals surface area contributed by atoms with Crippen molar-refractivity contribution in [3.63, 3.8) is 0 Å². The first kappa shape index (κ1) is 18.7.